The third-order valence-corrected chi connectivity index (χ3v) is 14.2. The van der Waals surface area contributed by atoms with E-state index >= 15 is 0 Å². The Balaban J connectivity index is 0. The summed E-state index contributed by atoms with van der Waals surface area (Å²) < 4.78 is 48.4. The number of nitrogens with zero attached hydrogens (tertiary/aromatic N) is 1. The zero-order valence-electron chi connectivity index (χ0n) is 34.8. The largest absolute Gasteiger partial charge is 1.00 e. The number of carbonyl (C=O) groups is 4. The van der Waals surface area contributed by atoms with Crippen LogP contribution < -0.4 is 174 Å². The molecule has 4 aliphatic rings. The van der Waals surface area contributed by atoms with Gasteiger partial charge in [-0.3, -0.25) is 4.99 Å². The predicted molar refractivity (Wildman–Crippen MR) is 195 cm³/mol. The molecule has 4 heterocycles. The van der Waals surface area contributed by atoms with Crippen LogP contribution in [-0.2, 0) is 39.6 Å². The van der Waals surface area contributed by atoms with Gasteiger partial charge in [0.2, 0.25) is 0 Å². The molecule has 0 bridgehead atoms. The van der Waals surface area contributed by atoms with Crippen molar-refractivity contribution in [2.75, 3.05) is 26.2 Å². The summed E-state index contributed by atoms with van der Waals surface area (Å²) in [6.45, 7) is 7.19. The maximum atomic E-state index is 11.5. The number of nitrogens with one attached hydrogen (secondary N) is 5. The number of thioether (sulfide) groups is 2. The molecule has 0 aromatic rings. The second-order valence-electron chi connectivity index (χ2n) is 14.2. The molecule has 320 valence electrons. The number of aliphatic imine (C=N–C) groups is 1. The standard InChI is InChI=1S/2C15H26N4O7S2.4Na/c2*1-6-11(10(7(2)20)14(21)22)19-12(15(23)24)13(6)27-9-3-8(17-5-9)4-18-28(16,25)26;;;;/h6-11,17-20H,3-5H2,1-2H3,(H,21,22)(H,23,24)(H2,16,25,26);6-11,13,17-18,20H,3-5H2,1-2H3,(H,21,22)(H,23,24)(H2,16,25,26);;;;/q;;4*+1/p-4/t6-,7-,8+,9+,10-,11-;6-,7-,8+,9+,10-,11-,13?;;;;/m11..../s1. The number of aliphatic hydroxyl groups is 2. The number of rotatable bonds is 18. The van der Waals surface area contributed by atoms with Gasteiger partial charge in [0.15, 0.2) is 0 Å². The van der Waals surface area contributed by atoms with E-state index in [-0.39, 0.29) is 165 Å². The summed E-state index contributed by atoms with van der Waals surface area (Å²) in [5.41, 5.74) is -0.430. The molecule has 4 rings (SSSR count). The predicted octanol–water partition coefficient (Wildman–Crippen LogP) is -20.9. The van der Waals surface area contributed by atoms with Gasteiger partial charge in [-0.05, 0) is 32.6 Å². The molecule has 2 saturated heterocycles. The fraction of sp³-hybridized carbons (Fsp3) is 0.767. The van der Waals surface area contributed by atoms with Gasteiger partial charge in [0.25, 0.3) is 20.4 Å². The Morgan fingerprint density at radius 2 is 1.25 bits per heavy atom. The maximum Gasteiger partial charge on any atom is 1.00 e. The van der Waals surface area contributed by atoms with E-state index in [1.165, 1.54) is 37.4 Å². The van der Waals surface area contributed by atoms with Crippen molar-refractivity contribution >= 4 is 73.5 Å². The van der Waals surface area contributed by atoms with Crippen molar-refractivity contribution in [3.8, 4) is 0 Å². The summed E-state index contributed by atoms with van der Waals surface area (Å²) in [6, 6.07) is -2.13. The van der Waals surface area contributed by atoms with E-state index < -0.39 is 97.5 Å². The topological polar surface area (TPSA) is 394 Å². The third-order valence-electron chi connectivity index (χ3n) is 9.89. The summed E-state index contributed by atoms with van der Waals surface area (Å²) in [5, 5.41) is 83.5. The smallest absolute Gasteiger partial charge is 0.550 e. The number of hydrogen-bond acceptors (Lipinski definition) is 20. The van der Waals surface area contributed by atoms with Crippen LogP contribution in [0.15, 0.2) is 15.6 Å². The van der Waals surface area contributed by atoms with Gasteiger partial charge in [-0.15, -0.1) is 23.5 Å². The number of hydrogen-bond donors (Lipinski definition) is 9. The first-order chi connectivity index (χ1) is 25.8. The number of aliphatic hydroxyl groups excluding tert-OH is 2. The Bertz CT molecular complexity index is 1770. The van der Waals surface area contributed by atoms with Crippen LogP contribution in [0.5, 0.6) is 0 Å². The number of carboxylic acid groups (broad SMARTS) is 4. The van der Waals surface area contributed by atoms with Gasteiger partial charge >= 0.3 is 118 Å². The van der Waals surface area contributed by atoms with Crippen molar-refractivity contribution in [2.24, 2.45) is 38.9 Å². The van der Waals surface area contributed by atoms with E-state index in [4.69, 9.17) is 10.3 Å². The van der Waals surface area contributed by atoms with E-state index in [1.807, 2.05) is 0 Å². The van der Waals surface area contributed by atoms with Crippen molar-refractivity contribution in [3.05, 3.63) is 10.6 Å². The van der Waals surface area contributed by atoms with Crippen molar-refractivity contribution in [1.82, 2.24) is 25.4 Å². The first-order valence-corrected chi connectivity index (χ1v) is 22.3. The van der Waals surface area contributed by atoms with E-state index in [1.54, 1.807) is 13.8 Å². The van der Waals surface area contributed by atoms with Crippen molar-refractivity contribution < 1.29 is 185 Å². The molecule has 13 atom stereocenters. The van der Waals surface area contributed by atoms with Crippen LogP contribution in [0.3, 0.4) is 0 Å². The summed E-state index contributed by atoms with van der Waals surface area (Å²) in [6.07, 6.45) is -1.38. The molecule has 0 radical (unpaired) electrons. The van der Waals surface area contributed by atoms with E-state index in [0.29, 0.717) is 30.8 Å². The number of aliphatic carboxylic acids is 4. The first-order valence-electron chi connectivity index (χ1n) is 17.4. The summed E-state index contributed by atoms with van der Waals surface area (Å²) in [5.74, 6) is -9.50. The van der Waals surface area contributed by atoms with Crippen LogP contribution in [-0.4, -0.2) is 135 Å². The normalized spacial score (nSPS) is 29.3. The monoisotopic (exact) mass is 964 g/mol. The van der Waals surface area contributed by atoms with Crippen LogP contribution in [0.1, 0.15) is 40.5 Å². The van der Waals surface area contributed by atoms with Crippen molar-refractivity contribution in [2.45, 2.75) is 92.7 Å². The van der Waals surface area contributed by atoms with Gasteiger partial charge in [-0.2, -0.15) is 16.8 Å². The summed E-state index contributed by atoms with van der Waals surface area (Å²) in [7, 11) is -7.60. The van der Waals surface area contributed by atoms with Gasteiger partial charge < -0.3 is 65.8 Å². The second-order valence-corrected chi connectivity index (χ2v) is 19.7. The molecule has 60 heavy (non-hydrogen) atoms. The Hall–Kier alpha value is 1.37. The van der Waals surface area contributed by atoms with Gasteiger partial charge in [0.1, 0.15) is 0 Å². The zero-order valence-corrected chi connectivity index (χ0v) is 46.0. The van der Waals surface area contributed by atoms with Crippen molar-refractivity contribution in [1.29, 1.82) is 0 Å². The molecule has 30 heteroatoms. The molecule has 0 aromatic carbocycles. The minimum absolute atomic E-state index is 0. The minimum Gasteiger partial charge on any atom is -0.550 e. The fourth-order valence-corrected chi connectivity index (χ4v) is 11.2. The molecule has 1 unspecified atom stereocenters. The molecule has 4 aliphatic heterocycles. The van der Waals surface area contributed by atoms with Crippen LogP contribution in [0.4, 0.5) is 0 Å². The van der Waals surface area contributed by atoms with Gasteiger partial charge in [-0.1, -0.05) is 13.8 Å². The Kier molecular flexibility index (Phi) is 29.5. The number of carbonyl (C=O) groups excluding carboxylic acids is 4. The van der Waals surface area contributed by atoms with E-state index in [2.05, 4.69) is 30.4 Å². The number of carboxylic acids is 4. The molecule has 0 amide bonds. The van der Waals surface area contributed by atoms with Gasteiger partial charge in [0, 0.05) is 89.4 Å². The maximum absolute atomic E-state index is 11.5. The molecule has 0 aliphatic carbocycles. The Labute approximate surface area is 446 Å². The zero-order chi connectivity index (χ0) is 42.4. The minimum atomic E-state index is -3.80. The summed E-state index contributed by atoms with van der Waals surface area (Å²) >= 11 is 2.59. The fourth-order valence-electron chi connectivity index (χ4n) is 7.18. The van der Waals surface area contributed by atoms with Crippen LogP contribution >= 0.6 is 23.5 Å². The molecule has 22 nitrogen and oxygen atoms in total. The molecular weight excluding hydrogens is 917 g/mol. The first kappa shape index (κ1) is 63.5. The quantitative estimate of drug-likeness (QED) is 0.0576. The molecule has 11 N–H and O–H groups in total. The molecule has 2 fully saturated rings. The number of nitrogens with two attached hydrogens (primary N) is 2. The van der Waals surface area contributed by atoms with E-state index in [9.17, 15) is 66.7 Å². The van der Waals surface area contributed by atoms with Gasteiger partial charge in [-0.25, -0.2) is 19.7 Å². The molecule has 0 saturated carbocycles. The Morgan fingerprint density at radius 1 is 0.800 bits per heavy atom. The Morgan fingerprint density at radius 3 is 1.65 bits per heavy atom. The third kappa shape index (κ3) is 18.9. The van der Waals surface area contributed by atoms with Crippen molar-refractivity contribution in [3.63, 3.8) is 0 Å². The molecule has 0 spiro atoms. The SMILES string of the molecule is C[C@@H](O)[C@@H](C(=O)[O-])[C@@H]1N=C(C(=O)[O-])C(S[C@@H]2CN[C@H](CNS(N)(=O)=O)C2)[C@@H]1C.C[C@@H](O)[C@@H](C(=O)[O-])[C@@H]1NC(C(=O)[O-])=C(S[C@@H]2CN[C@H](CNS(N)(=O)=O)C2)[C@@H]1C.[Na+].[Na+].[Na+].[Na+]. The van der Waals surface area contributed by atoms with Crippen LogP contribution in [0.25, 0.3) is 0 Å². The second kappa shape index (κ2) is 27.9. The molecular formula is C30H48N8Na4O14S4. The average molecular weight is 965 g/mol. The van der Waals surface area contributed by atoms with Crippen LogP contribution in [0, 0.1) is 23.7 Å². The average Bonchev–Trinajstić information content (AvgIpc) is 3.84. The van der Waals surface area contributed by atoms with Crippen LogP contribution in [0.2, 0.25) is 0 Å². The van der Waals surface area contributed by atoms with E-state index in [0.717, 1.165) is 0 Å². The summed E-state index contributed by atoms with van der Waals surface area (Å²) in [4.78, 5) is 50.4. The van der Waals surface area contributed by atoms with Gasteiger partial charge in [0.05, 0.1) is 46.8 Å². The molecule has 0 aromatic heterocycles.